The van der Waals surface area contributed by atoms with Crippen LogP contribution in [0.2, 0.25) is 5.15 Å². The number of carbonyl (C=O) groups excluding carboxylic acids is 2. The minimum atomic E-state index is -5.40. The first-order valence-electron chi connectivity index (χ1n) is 34.9. The summed E-state index contributed by atoms with van der Waals surface area (Å²) >= 11 is 5.49. The summed E-state index contributed by atoms with van der Waals surface area (Å²) in [5.74, 6) is 0.934. The molecule has 588 valence electrons. The lowest BCUT2D eigenvalue weighted by Gasteiger charge is -2.31. The number of methoxy groups -OCH3 is 2. The number of ether oxygens (including phenoxy) is 2. The summed E-state index contributed by atoms with van der Waals surface area (Å²) in [6, 6.07) is 31.2. The van der Waals surface area contributed by atoms with Crippen LogP contribution in [0.25, 0.3) is 11.1 Å². The Bertz CT molecular complexity index is 4900. The second kappa shape index (κ2) is 33.3. The Balaban J connectivity index is 0.000000170. The maximum atomic E-state index is 14.2. The van der Waals surface area contributed by atoms with Crippen LogP contribution in [-0.4, -0.2) is 97.2 Å². The molecule has 6 aromatic carbocycles. The predicted octanol–water partition coefficient (Wildman–Crippen LogP) is 17.6. The predicted molar refractivity (Wildman–Crippen MR) is 401 cm³/mol. The lowest BCUT2D eigenvalue weighted by Crippen LogP contribution is -2.36. The first-order chi connectivity index (χ1) is 52.9. The molecule has 2 saturated carbocycles. The van der Waals surface area contributed by atoms with Gasteiger partial charge in [-0.15, -0.1) is 0 Å². The highest BCUT2D eigenvalue weighted by Gasteiger charge is 2.49. The van der Waals surface area contributed by atoms with E-state index in [0.29, 0.717) is 57.7 Å². The molecule has 0 bridgehead atoms. The van der Waals surface area contributed by atoms with E-state index in [2.05, 4.69) is 52.9 Å². The van der Waals surface area contributed by atoms with E-state index >= 15 is 0 Å². The highest BCUT2D eigenvalue weighted by molar-refractivity contribution is 7.80. The molecule has 16 nitrogen and oxygen atoms in total. The van der Waals surface area contributed by atoms with Gasteiger partial charge in [-0.05, 0) is 229 Å². The Morgan fingerprint density at radius 3 is 1.40 bits per heavy atom. The van der Waals surface area contributed by atoms with E-state index in [4.69, 9.17) is 31.0 Å². The summed E-state index contributed by atoms with van der Waals surface area (Å²) in [7, 11) is 5.58. The van der Waals surface area contributed by atoms with E-state index in [1.807, 2.05) is 25.1 Å². The SMILES string of the molecule is COc1ccc(OC)c(P(c2cc(C(F)(F)F)cc(C(F)(F)F)c2)c2cc(C(F)(F)F)cc(C(F)(F)F)c2)c1-c1c(N(C)C)cccc1N(C)C.Cc1nccc(Cl)n1.Cc1nccc(N2CCCc3nc(C4(NC(=O)c5ccc(F)cc5)CC4)ccc32)n1.O=C(NC1(c2ccc3c(n2)CCCN3)CC1)c1ccc(F)cc1. The first kappa shape index (κ1) is 82.2. The zero-order valence-corrected chi connectivity index (χ0v) is 63.1. The smallest absolute Gasteiger partial charge is 0.416 e. The Morgan fingerprint density at radius 2 is 0.973 bits per heavy atom. The highest BCUT2D eigenvalue weighted by Crippen LogP contribution is 2.53. The topological polar surface area (TPSA) is 176 Å². The highest BCUT2D eigenvalue weighted by atomic mass is 35.5. The van der Waals surface area contributed by atoms with Gasteiger partial charge in [0.2, 0.25) is 0 Å². The minimum Gasteiger partial charge on any atom is -0.496 e. The maximum Gasteiger partial charge on any atom is 0.416 e. The van der Waals surface area contributed by atoms with Crippen molar-refractivity contribution in [3.63, 3.8) is 0 Å². The molecule has 0 saturated heterocycles. The van der Waals surface area contributed by atoms with Crippen LogP contribution in [-0.2, 0) is 48.6 Å². The van der Waals surface area contributed by atoms with Crippen molar-refractivity contribution in [2.45, 2.75) is 101 Å². The lowest BCUT2D eigenvalue weighted by molar-refractivity contribution is -0.144. The van der Waals surface area contributed by atoms with Crippen molar-refractivity contribution in [2.24, 2.45) is 0 Å². The van der Waals surface area contributed by atoms with Crippen LogP contribution in [0.3, 0.4) is 0 Å². The largest absolute Gasteiger partial charge is 0.496 e. The molecule has 2 aliphatic carbocycles. The third kappa shape index (κ3) is 19.2. The standard InChI is InChI=1S/C34H29F12N2O2P.C23H22FN5O.C18H18FN3O.C5H5ClN2/c1-47(2)24-8-7-9-25(48(3)4)28(24)29-26(49-5)10-11-27(50-6)30(29)51(22-14-18(31(35,36)37)12-19(15-22)32(38,39)40)23-16-20(33(41,42)43)13-21(17-23)34(44,45)46;1-15-25-13-10-21(26-15)29-14-2-3-18-19(29)8-9-20(27-18)23(11-12-23)28-22(30)16-4-6-17(24)7-5-16;19-13-5-3-12(4-6-13)17(23)22-18(9-10-18)16-8-7-14-15(21-16)2-1-11-20-14;1-4-7-3-2-5(6)8-4/h7-17H,1-6H3;4-10,13H,2-3,11-12,14H2,1H3,(H,28,30);3-8,20H,1-2,9-11H2,(H,22,23);2-3H,1H3. The second-order valence-electron chi connectivity index (χ2n) is 27.1. The van der Waals surface area contributed by atoms with Crippen molar-refractivity contribution in [1.82, 2.24) is 40.5 Å². The molecule has 112 heavy (non-hydrogen) atoms. The van der Waals surface area contributed by atoms with Crippen molar-refractivity contribution >= 4 is 75.8 Å². The van der Waals surface area contributed by atoms with Gasteiger partial charge in [0, 0.05) is 92.6 Å². The molecule has 0 radical (unpaired) electrons. The Kier molecular flexibility index (Phi) is 24.4. The summed E-state index contributed by atoms with van der Waals surface area (Å²) in [6.07, 6.45) is -10.8. The molecule has 4 aliphatic rings. The van der Waals surface area contributed by atoms with Gasteiger partial charge in [-0.1, -0.05) is 17.7 Å². The summed E-state index contributed by atoms with van der Waals surface area (Å²) in [4.78, 5) is 56.6. The third-order valence-corrected chi connectivity index (χ3v) is 21.4. The maximum absolute atomic E-state index is 14.2. The molecule has 14 rings (SSSR count). The fourth-order valence-electron chi connectivity index (χ4n) is 12.9. The molecule has 0 atom stereocenters. The number of nitrogens with one attached hydrogen (secondary N) is 3. The molecule has 2 fully saturated rings. The van der Waals surface area contributed by atoms with E-state index in [1.54, 1.807) is 81.6 Å². The second-order valence-corrected chi connectivity index (χ2v) is 29.7. The van der Waals surface area contributed by atoms with Gasteiger partial charge < -0.3 is 40.1 Å². The van der Waals surface area contributed by atoms with Gasteiger partial charge in [-0.25, -0.2) is 28.7 Å². The molecule has 2 aliphatic heterocycles. The number of amides is 2. The number of carbonyl (C=O) groups is 2. The van der Waals surface area contributed by atoms with Gasteiger partial charge in [0.25, 0.3) is 11.8 Å². The molecule has 3 N–H and O–H groups in total. The third-order valence-electron chi connectivity index (χ3n) is 18.8. The van der Waals surface area contributed by atoms with Crippen LogP contribution in [0.4, 0.5) is 90.0 Å². The monoisotopic (exact) mass is 1600 g/mol. The molecular formula is C80H74ClF14N12O4P. The number of aryl methyl sites for hydroxylation is 4. The van der Waals surface area contributed by atoms with Crippen LogP contribution >= 0.6 is 19.5 Å². The van der Waals surface area contributed by atoms with Crippen LogP contribution < -0.4 is 56.0 Å². The number of halogens is 15. The van der Waals surface area contributed by atoms with Crippen LogP contribution in [0, 0.1) is 25.5 Å². The molecule has 6 heterocycles. The Hall–Kier alpha value is -10.7. The van der Waals surface area contributed by atoms with E-state index in [1.165, 1.54) is 67.8 Å². The van der Waals surface area contributed by atoms with Crippen molar-refractivity contribution in [2.75, 3.05) is 75.5 Å². The van der Waals surface area contributed by atoms with E-state index < -0.39 is 71.0 Å². The summed E-state index contributed by atoms with van der Waals surface area (Å²) < 4.78 is 208. The first-order valence-corrected chi connectivity index (χ1v) is 36.7. The number of anilines is 5. The number of alkyl halides is 12. The summed E-state index contributed by atoms with van der Waals surface area (Å²) in [5, 5.41) is 8.02. The number of pyridine rings is 2. The molecule has 0 spiro atoms. The van der Waals surface area contributed by atoms with E-state index in [9.17, 15) is 71.1 Å². The number of hydrogen-bond donors (Lipinski definition) is 3. The normalized spacial score (nSPS) is 14.6. The minimum absolute atomic E-state index is 0.0482. The van der Waals surface area contributed by atoms with Gasteiger partial charge in [0.15, 0.2) is 0 Å². The number of aromatic nitrogens is 6. The zero-order chi connectivity index (χ0) is 81.0. The fraction of sp³-hybridized carbons (Fsp3) is 0.300. The average molecular weight is 1600 g/mol. The van der Waals surface area contributed by atoms with Gasteiger partial charge >= 0.3 is 24.7 Å². The van der Waals surface area contributed by atoms with E-state index in [0.717, 1.165) is 117 Å². The Labute approximate surface area is 641 Å². The fourth-order valence-corrected chi connectivity index (χ4v) is 15.8. The van der Waals surface area contributed by atoms with Gasteiger partial charge in [-0.3, -0.25) is 19.6 Å². The number of benzene rings is 6. The average Bonchev–Trinajstić information content (AvgIpc) is 1.33. The van der Waals surface area contributed by atoms with Crippen LogP contribution in [0.15, 0.2) is 164 Å². The number of fused-ring (bicyclic) bond motifs is 2. The molecule has 10 aromatic rings. The zero-order valence-electron chi connectivity index (χ0n) is 61.4. The summed E-state index contributed by atoms with van der Waals surface area (Å²) in [5.41, 5.74) is -0.0935. The lowest BCUT2D eigenvalue weighted by atomic mass is 9.98. The van der Waals surface area contributed by atoms with Crippen molar-refractivity contribution < 1.29 is 80.5 Å². The molecular weight excluding hydrogens is 1530 g/mol. The van der Waals surface area contributed by atoms with Gasteiger partial charge in [0.05, 0.1) is 81.7 Å². The van der Waals surface area contributed by atoms with Gasteiger partial charge in [-0.2, -0.15) is 52.7 Å². The number of hydrogen-bond acceptors (Lipinski definition) is 14. The molecule has 4 aromatic heterocycles. The molecule has 32 heteroatoms. The number of nitrogens with zero attached hydrogens (tertiary/aromatic N) is 9. The van der Waals surface area contributed by atoms with E-state index in [-0.39, 0.29) is 69.1 Å². The van der Waals surface area contributed by atoms with Crippen LogP contribution in [0.1, 0.15) is 116 Å². The van der Waals surface area contributed by atoms with Crippen LogP contribution in [0.5, 0.6) is 11.5 Å². The van der Waals surface area contributed by atoms with Crippen molar-refractivity contribution in [3.8, 4) is 22.6 Å². The molecule has 0 unspecified atom stereocenters. The number of rotatable bonds is 15. The Morgan fingerprint density at radius 1 is 0.527 bits per heavy atom. The van der Waals surface area contributed by atoms with Crippen molar-refractivity contribution in [1.29, 1.82) is 0 Å². The molecule has 2 amide bonds. The summed E-state index contributed by atoms with van der Waals surface area (Å²) in [6.45, 7) is 5.56. The quantitative estimate of drug-likeness (QED) is 0.0502. The van der Waals surface area contributed by atoms with Crippen molar-refractivity contribution in [3.05, 3.63) is 249 Å². The van der Waals surface area contributed by atoms with Gasteiger partial charge in [0.1, 0.15) is 45.8 Å².